The first-order chi connectivity index (χ1) is 10.3. The molecular formula is C15H17N5O. The Morgan fingerprint density at radius 2 is 2.05 bits per heavy atom. The van der Waals surface area contributed by atoms with Gasteiger partial charge >= 0.3 is 0 Å². The van der Waals surface area contributed by atoms with Crippen LogP contribution in [0.2, 0.25) is 0 Å². The SMILES string of the molecule is CCC(O)CNc1ncnc2c1cnn2-c1ccccc1. The Balaban J connectivity index is 1.97. The minimum atomic E-state index is -0.390. The van der Waals surface area contributed by atoms with E-state index in [1.807, 2.05) is 37.3 Å². The minimum absolute atomic E-state index is 0.390. The molecule has 6 nitrogen and oxygen atoms in total. The van der Waals surface area contributed by atoms with Crippen molar-refractivity contribution < 1.29 is 5.11 Å². The molecule has 2 N–H and O–H groups in total. The zero-order valence-corrected chi connectivity index (χ0v) is 11.8. The number of aliphatic hydroxyl groups is 1. The van der Waals surface area contributed by atoms with Crippen molar-refractivity contribution in [1.82, 2.24) is 19.7 Å². The molecule has 0 aliphatic rings. The van der Waals surface area contributed by atoms with Gasteiger partial charge in [-0.25, -0.2) is 14.6 Å². The second kappa shape index (κ2) is 5.88. The van der Waals surface area contributed by atoms with E-state index in [1.54, 1.807) is 10.9 Å². The Labute approximate surface area is 122 Å². The number of nitrogens with zero attached hydrogens (tertiary/aromatic N) is 4. The van der Waals surface area contributed by atoms with Crippen molar-refractivity contribution in [2.45, 2.75) is 19.4 Å². The topological polar surface area (TPSA) is 75.9 Å². The molecular weight excluding hydrogens is 266 g/mol. The number of nitrogens with one attached hydrogen (secondary N) is 1. The smallest absolute Gasteiger partial charge is 0.168 e. The van der Waals surface area contributed by atoms with Crippen LogP contribution in [0.4, 0.5) is 5.82 Å². The van der Waals surface area contributed by atoms with Crippen LogP contribution < -0.4 is 5.32 Å². The number of benzene rings is 1. The second-order valence-electron chi connectivity index (χ2n) is 4.79. The summed E-state index contributed by atoms with van der Waals surface area (Å²) in [5.41, 5.74) is 1.69. The minimum Gasteiger partial charge on any atom is -0.391 e. The molecule has 108 valence electrons. The van der Waals surface area contributed by atoms with Crippen LogP contribution in [-0.2, 0) is 0 Å². The third-order valence-electron chi connectivity index (χ3n) is 3.34. The normalized spacial score (nSPS) is 12.5. The van der Waals surface area contributed by atoms with E-state index in [9.17, 15) is 5.11 Å². The molecule has 0 radical (unpaired) electrons. The maximum Gasteiger partial charge on any atom is 0.168 e. The van der Waals surface area contributed by atoms with Gasteiger partial charge < -0.3 is 10.4 Å². The van der Waals surface area contributed by atoms with E-state index in [1.165, 1.54) is 6.33 Å². The summed E-state index contributed by atoms with van der Waals surface area (Å²) in [5.74, 6) is 0.690. The number of rotatable bonds is 5. The van der Waals surface area contributed by atoms with Gasteiger partial charge in [0.05, 0.1) is 23.4 Å². The van der Waals surface area contributed by atoms with Gasteiger partial charge in [0.25, 0.3) is 0 Å². The summed E-state index contributed by atoms with van der Waals surface area (Å²) in [6.07, 6.45) is 3.55. The molecule has 0 fully saturated rings. The quantitative estimate of drug-likeness (QED) is 0.749. The predicted octanol–water partition coefficient (Wildman–Crippen LogP) is 2.00. The van der Waals surface area contributed by atoms with Crippen molar-refractivity contribution in [3.8, 4) is 5.69 Å². The Hall–Kier alpha value is -2.47. The van der Waals surface area contributed by atoms with Crippen LogP contribution in [0.15, 0.2) is 42.9 Å². The molecule has 0 bridgehead atoms. The third-order valence-corrected chi connectivity index (χ3v) is 3.34. The van der Waals surface area contributed by atoms with Gasteiger partial charge in [0.15, 0.2) is 5.65 Å². The molecule has 0 spiro atoms. The van der Waals surface area contributed by atoms with E-state index in [4.69, 9.17) is 0 Å². The van der Waals surface area contributed by atoms with E-state index >= 15 is 0 Å². The number of para-hydroxylation sites is 1. The molecule has 0 saturated carbocycles. The highest BCUT2D eigenvalue weighted by molar-refractivity contribution is 5.87. The summed E-state index contributed by atoms with van der Waals surface area (Å²) in [5, 5.41) is 18.0. The molecule has 2 aromatic heterocycles. The van der Waals surface area contributed by atoms with E-state index < -0.39 is 0 Å². The predicted molar refractivity (Wildman–Crippen MR) is 81.4 cm³/mol. The Morgan fingerprint density at radius 3 is 2.81 bits per heavy atom. The molecule has 2 heterocycles. The van der Waals surface area contributed by atoms with E-state index in [2.05, 4.69) is 20.4 Å². The summed E-state index contributed by atoms with van der Waals surface area (Å²) in [6, 6.07) is 9.83. The number of fused-ring (bicyclic) bond motifs is 1. The lowest BCUT2D eigenvalue weighted by atomic mass is 10.3. The van der Waals surface area contributed by atoms with E-state index in [0.717, 1.165) is 16.7 Å². The first-order valence-electron chi connectivity index (χ1n) is 6.95. The molecule has 3 aromatic rings. The fourth-order valence-corrected chi connectivity index (χ4v) is 2.10. The van der Waals surface area contributed by atoms with Gasteiger partial charge in [-0.15, -0.1) is 0 Å². The molecule has 0 saturated heterocycles. The van der Waals surface area contributed by atoms with Gasteiger partial charge in [0, 0.05) is 6.54 Å². The zero-order valence-electron chi connectivity index (χ0n) is 11.8. The van der Waals surface area contributed by atoms with Gasteiger partial charge in [0.2, 0.25) is 0 Å². The summed E-state index contributed by atoms with van der Waals surface area (Å²) in [6.45, 7) is 2.40. The van der Waals surface area contributed by atoms with Crippen molar-refractivity contribution in [1.29, 1.82) is 0 Å². The summed E-state index contributed by atoms with van der Waals surface area (Å²) in [7, 11) is 0. The number of aromatic nitrogens is 4. The number of hydrogen-bond acceptors (Lipinski definition) is 5. The van der Waals surface area contributed by atoms with Crippen LogP contribution in [0.1, 0.15) is 13.3 Å². The lowest BCUT2D eigenvalue weighted by molar-refractivity contribution is 0.183. The largest absolute Gasteiger partial charge is 0.391 e. The Bertz CT molecular complexity index is 725. The van der Waals surface area contributed by atoms with E-state index in [0.29, 0.717) is 18.8 Å². The average molecular weight is 283 g/mol. The van der Waals surface area contributed by atoms with Gasteiger partial charge in [-0.1, -0.05) is 25.1 Å². The first kappa shape index (κ1) is 13.5. The summed E-state index contributed by atoms with van der Waals surface area (Å²) in [4.78, 5) is 8.55. The lowest BCUT2D eigenvalue weighted by Crippen LogP contribution is -2.18. The van der Waals surface area contributed by atoms with Gasteiger partial charge in [-0.05, 0) is 18.6 Å². The number of hydrogen-bond donors (Lipinski definition) is 2. The van der Waals surface area contributed by atoms with Crippen LogP contribution in [0.3, 0.4) is 0 Å². The highest BCUT2D eigenvalue weighted by Gasteiger charge is 2.11. The van der Waals surface area contributed by atoms with Crippen LogP contribution >= 0.6 is 0 Å². The van der Waals surface area contributed by atoms with Crippen LogP contribution in [-0.4, -0.2) is 37.5 Å². The maximum absolute atomic E-state index is 9.65. The van der Waals surface area contributed by atoms with E-state index in [-0.39, 0.29) is 6.10 Å². The maximum atomic E-state index is 9.65. The molecule has 0 amide bonds. The fourth-order valence-electron chi connectivity index (χ4n) is 2.10. The molecule has 21 heavy (non-hydrogen) atoms. The van der Waals surface area contributed by atoms with Crippen molar-refractivity contribution in [3.63, 3.8) is 0 Å². The second-order valence-corrected chi connectivity index (χ2v) is 4.79. The third kappa shape index (κ3) is 2.71. The first-order valence-corrected chi connectivity index (χ1v) is 6.95. The molecule has 0 aliphatic heterocycles. The zero-order chi connectivity index (χ0) is 14.7. The molecule has 6 heteroatoms. The highest BCUT2D eigenvalue weighted by Crippen LogP contribution is 2.21. The molecule has 1 aromatic carbocycles. The van der Waals surface area contributed by atoms with Crippen molar-refractivity contribution in [2.24, 2.45) is 0 Å². The van der Waals surface area contributed by atoms with Crippen molar-refractivity contribution >= 4 is 16.9 Å². The molecule has 1 unspecified atom stereocenters. The van der Waals surface area contributed by atoms with Gasteiger partial charge in [-0.2, -0.15) is 5.10 Å². The highest BCUT2D eigenvalue weighted by atomic mass is 16.3. The van der Waals surface area contributed by atoms with Crippen LogP contribution in [0.5, 0.6) is 0 Å². The summed E-state index contributed by atoms with van der Waals surface area (Å²) >= 11 is 0. The average Bonchev–Trinajstić information content (AvgIpc) is 2.98. The Morgan fingerprint density at radius 1 is 1.24 bits per heavy atom. The van der Waals surface area contributed by atoms with Crippen molar-refractivity contribution in [3.05, 3.63) is 42.9 Å². The standard InChI is InChI=1S/C15H17N5O/c1-2-12(21)8-16-14-13-9-19-20(15(13)18-10-17-14)11-6-4-3-5-7-11/h3-7,9-10,12,21H,2,8H2,1H3,(H,16,17,18). The monoisotopic (exact) mass is 283 g/mol. The molecule has 3 rings (SSSR count). The summed E-state index contributed by atoms with van der Waals surface area (Å²) < 4.78 is 1.78. The number of anilines is 1. The van der Waals surface area contributed by atoms with Crippen LogP contribution in [0.25, 0.3) is 16.7 Å². The number of aliphatic hydroxyl groups excluding tert-OH is 1. The molecule has 0 aliphatic carbocycles. The Kier molecular flexibility index (Phi) is 3.79. The lowest BCUT2D eigenvalue weighted by Gasteiger charge is -2.10. The van der Waals surface area contributed by atoms with Gasteiger partial charge in [0.1, 0.15) is 12.1 Å². The molecule has 1 atom stereocenters. The van der Waals surface area contributed by atoms with Gasteiger partial charge in [-0.3, -0.25) is 0 Å². The van der Waals surface area contributed by atoms with Crippen molar-refractivity contribution in [2.75, 3.05) is 11.9 Å². The fraction of sp³-hybridized carbons (Fsp3) is 0.267. The van der Waals surface area contributed by atoms with Crippen LogP contribution in [0, 0.1) is 0 Å².